The topological polar surface area (TPSA) is 39.7 Å². The van der Waals surface area contributed by atoms with E-state index in [-0.39, 0.29) is 0 Å². The summed E-state index contributed by atoms with van der Waals surface area (Å²) in [6, 6.07) is 8.19. The Morgan fingerprint density at radius 1 is 1.35 bits per heavy atom. The van der Waals surface area contributed by atoms with Crippen LogP contribution >= 0.6 is 0 Å². The molecule has 4 heteroatoms. The van der Waals surface area contributed by atoms with Gasteiger partial charge in [0.1, 0.15) is 12.4 Å². The Bertz CT molecular complexity index is 378. The minimum Gasteiger partial charge on any atom is -0.491 e. The molecule has 1 aliphatic heterocycles. The molecule has 4 nitrogen and oxygen atoms in total. The second kappa shape index (κ2) is 8.95. The van der Waals surface area contributed by atoms with Crippen LogP contribution in [0.5, 0.6) is 5.75 Å². The van der Waals surface area contributed by atoms with Crippen LogP contribution in [0.2, 0.25) is 0 Å². The number of hydrogen-bond donors (Lipinski definition) is 1. The molecular weight excluding hydrogens is 254 g/mol. The quantitative estimate of drug-likeness (QED) is 0.704. The summed E-state index contributed by atoms with van der Waals surface area (Å²) in [4.78, 5) is 0. The normalized spacial score (nSPS) is 18.4. The fourth-order valence-electron chi connectivity index (χ4n) is 2.20. The maximum absolute atomic E-state index is 5.71. The Hall–Kier alpha value is -1.10. The molecule has 20 heavy (non-hydrogen) atoms. The van der Waals surface area contributed by atoms with E-state index in [0.717, 1.165) is 45.1 Å². The molecule has 112 valence electrons. The average molecular weight is 279 g/mol. The van der Waals surface area contributed by atoms with Gasteiger partial charge in [0, 0.05) is 19.1 Å². The second-order valence-corrected chi connectivity index (χ2v) is 5.08. The molecule has 0 aromatic heterocycles. The van der Waals surface area contributed by atoms with E-state index in [1.807, 2.05) is 12.1 Å². The number of nitrogens with one attached hydrogen (secondary N) is 1. The van der Waals surface area contributed by atoms with Gasteiger partial charge in [-0.1, -0.05) is 19.1 Å². The summed E-state index contributed by atoms with van der Waals surface area (Å²) in [5, 5.41) is 3.31. The summed E-state index contributed by atoms with van der Waals surface area (Å²) in [6.45, 7) is 7.69. The van der Waals surface area contributed by atoms with E-state index in [1.165, 1.54) is 5.56 Å². The minimum atomic E-state index is 0.568. The lowest BCUT2D eigenvalue weighted by molar-refractivity contribution is 0.0684. The van der Waals surface area contributed by atoms with E-state index in [2.05, 4.69) is 24.4 Å². The molecule has 1 saturated heterocycles. The smallest absolute Gasteiger partial charge is 0.119 e. The average Bonchev–Trinajstić information content (AvgIpc) is 2.98. The highest BCUT2D eigenvalue weighted by molar-refractivity contribution is 5.28. The Balaban J connectivity index is 1.60. The van der Waals surface area contributed by atoms with Crippen LogP contribution in [0.1, 0.15) is 18.9 Å². The summed E-state index contributed by atoms with van der Waals surface area (Å²) in [7, 11) is 0. The molecule has 2 rings (SSSR count). The summed E-state index contributed by atoms with van der Waals surface area (Å²) in [5.74, 6) is 1.48. The van der Waals surface area contributed by atoms with Gasteiger partial charge in [0.25, 0.3) is 0 Å². The molecule has 0 aliphatic carbocycles. The van der Waals surface area contributed by atoms with E-state index in [9.17, 15) is 0 Å². The Morgan fingerprint density at radius 3 is 3.10 bits per heavy atom. The zero-order valence-corrected chi connectivity index (χ0v) is 12.3. The van der Waals surface area contributed by atoms with E-state index in [1.54, 1.807) is 0 Å². The first-order valence-corrected chi connectivity index (χ1v) is 7.46. The minimum absolute atomic E-state index is 0.568. The molecule has 1 aliphatic rings. The van der Waals surface area contributed by atoms with Gasteiger partial charge in [0.2, 0.25) is 0 Å². The van der Waals surface area contributed by atoms with Gasteiger partial charge in [0.05, 0.1) is 19.8 Å². The lowest BCUT2D eigenvalue weighted by atomic mass is 10.1. The second-order valence-electron chi connectivity index (χ2n) is 5.08. The van der Waals surface area contributed by atoms with Gasteiger partial charge in [-0.3, -0.25) is 0 Å². The number of hydrogen-bond acceptors (Lipinski definition) is 4. The molecule has 1 aromatic rings. The SMILES string of the molecule is CCNCc1cccc(OCCOCC2CCOC2)c1. The van der Waals surface area contributed by atoms with Crippen molar-refractivity contribution in [2.24, 2.45) is 5.92 Å². The van der Waals surface area contributed by atoms with Crippen LogP contribution in [0, 0.1) is 5.92 Å². The predicted molar refractivity (Wildman–Crippen MR) is 79.1 cm³/mol. The van der Waals surface area contributed by atoms with Crippen molar-refractivity contribution >= 4 is 0 Å². The molecule has 1 atom stereocenters. The van der Waals surface area contributed by atoms with Gasteiger partial charge in [-0.15, -0.1) is 0 Å². The number of benzene rings is 1. The third-order valence-corrected chi connectivity index (χ3v) is 3.35. The van der Waals surface area contributed by atoms with Gasteiger partial charge in [0.15, 0.2) is 0 Å². The van der Waals surface area contributed by atoms with Crippen molar-refractivity contribution in [3.05, 3.63) is 29.8 Å². The molecular formula is C16H25NO3. The first-order valence-electron chi connectivity index (χ1n) is 7.46. The standard InChI is InChI=1S/C16H25NO3/c1-2-17-11-14-4-3-5-16(10-14)20-9-8-19-13-15-6-7-18-12-15/h3-5,10,15,17H,2,6-9,11-13H2,1H3. The zero-order chi connectivity index (χ0) is 14.0. The summed E-state index contributed by atoms with van der Waals surface area (Å²) < 4.78 is 16.6. The highest BCUT2D eigenvalue weighted by Crippen LogP contribution is 2.14. The van der Waals surface area contributed by atoms with Gasteiger partial charge >= 0.3 is 0 Å². The van der Waals surface area contributed by atoms with Crippen LogP contribution in [0.15, 0.2) is 24.3 Å². The molecule has 1 fully saturated rings. The number of rotatable bonds is 9. The first-order chi connectivity index (χ1) is 9.88. The molecule has 1 N–H and O–H groups in total. The van der Waals surface area contributed by atoms with Crippen LogP contribution in [0.25, 0.3) is 0 Å². The van der Waals surface area contributed by atoms with Crippen LogP contribution in [0.4, 0.5) is 0 Å². The van der Waals surface area contributed by atoms with Gasteiger partial charge < -0.3 is 19.5 Å². The van der Waals surface area contributed by atoms with Gasteiger partial charge in [-0.25, -0.2) is 0 Å². The molecule has 1 aromatic carbocycles. The summed E-state index contributed by atoms with van der Waals surface area (Å²) in [6.07, 6.45) is 1.12. The van der Waals surface area contributed by atoms with E-state index in [0.29, 0.717) is 19.1 Å². The van der Waals surface area contributed by atoms with Gasteiger partial charge in [-0.05, 0) is 30.7 Å². The van der Waals surface area contributed by atoms with Crippen molar-refractivity contribution in [3.63, 3.8) is 0 Å². The lowest BCUT2D eigenvalue weighted by Gasteiger charge is -2.10. The van der Waals surface area contributed by atoms with E-state index < -0.39 is 0 Å². The molecule has 1 unspecified atom stereocenters. The fourth-order valence-corrected chi connectivity index (χ4v) is 2.20. The molecule has 1 heterocycles. The third-order valence-electron chi connectivity index (χ3n) is 3.35. The summed E-state index contributed by atoms with van der Waals surface area (Å²) >= 11 is 0. The van der Waals surface area contributed by atoms with E-state index in [4.69, 9.17) is 14.2 Å². The van der Waals surface area contributed by atoms with Crippen molar-refractivity contribution in [1.82, 2.24) is 5.32 Å². The van der Waals surface area contributed by atoms with E-state index >= 15 is 0 Å². The van der Waals surface area contributed by atoms with Gasteiger partial charge in [-0.2, -0.15) is 0 Å². The van der Waals surface area contributed by atoms with Crippen LogP contribution in [-0.2, 0) is 16.0 Å². The highest BCUT2D eigenvalue weighted by Gasteiger charge is 2.15. The molecule has 0 amide bonds. The highest BCUT2D eigenvalue weighted by atomic mass is 16.5. The van der Waals surface area contributed by atoms with Crippen molar-refractivity contribution in [3.8, 4) is 5.75 Å². The first kappa shape index (κ1) is 15.3. The predicted octanol–water partition coefficient (Wildman–Crippen LogP) is 2.23. The van der Waals surface area contributed by atoms with Crippen molar-refractivity contribution in [2.45, 2.75) is 19.9 Å². The maximum atomic E-state index is 5.71. The fraction of sp³-hybridized carbons (Fsp3) is 0.625. The van der Waals surface area contributed by atoms with Crippen molar-refractivity contribution in [1.29, 1.82) is 0 Å². The molecule has 0 bridgehead atoms. The Kier molecular flexibility index (Phi) is 6.84. The molecule has 0 spiro atoms. The number of ether oxygens (including phenoxy) is 3. The Labute approximate surface area is 121 Å². The van der Waals surface area contributed by atoms with Crippen LogP contribution < -0.4 is 10.1 Å². The van der Waals surface area contributed by atoms with Crippen molar-refractivity contribution in [2.75, 3.05) is 39.6 Å². The molecule has 0 radical (unpaired) electrons. The zero-order valence-electron chi connectivity index (χ0n) is 12.3. The lowest BCUT2D eigenvalue weighted by Crippen LogP contribution is -2.14. The summed E-state index contributed by atoms with van der Waals surface area (Å²) in [5.41, 5.74) is 1.24. The maximum Gasteiger partial charge on any atom is 0.119 e. The monoisotopic (exact) mass is 279 g/mol. The van der Waals surface area contributed by atoms with Crippen LogP contribution in [0.3, 0.4) is 0 Å². The Morgan fingerprint density at radius 2 is 2.30 bits per heavy atom. The molecule has 0 saturated carbocycles. The third kappa shape index (κ3) is 5.49. The largest absolute Gasteiger partial charge is 0.491 e. The van der Waals surface area contributed by atoms with Crippen molar-refractivity contribution < 1.29 is 14.2 Å². The van der Waals surface area contributed by atoms with Crippen LogP contribution in [-0.4, -0.2) is 39.6 Å².